The van der Waals surface area contributed by atoms with E-state index in [0.29, 0.717) is 23.9 Å². The Kier molecular flexibility index (Phi) is 4.85. The van der Waals surface area contributed by atoms with Gasteiger partial charge in [-0.25, -0.2) is 14.6 Å². The minimum atomic E-state index is -0.841. The molecule has 1 aromatic rings. The van der Waals surface area contributed by atoms with E-state index in [1.165, 1.54) is 25.3 Å². The van der Waals surface area contributed by atoms with Crippen molar-refractivity contribution in [3.05, 3.63) is 35.4 Å². The molecule has 19 heavy (non-hydrogen) atoms. The molecule has 0 bridgehead atoms. The molecule has 0 heterocycles. The van der Waals surface area contributed by atoms with Gasteiger partial charge in [-0.3, -0.25) is 4.99 Å². The maximum Gasteiger partial charge on any atom is 0.159 e. The van der Waals surface area contributed by atoms with Crippen LogP contribution in [0, 0.1) is 11.6 Å². The third kappa shape index (κ3) is 3.99. The van der Waals surface area contributed by atoms with E-state index >= 15 is 0 Å². The van der Waals surface area contributed by atoms with Crippen molar-refractivity contribution in [1.29, 1.82) is 0 Å². The maximum absolute atomic E-state index is 13.1. The van der Waals surface area contributed by atoms with Gasteiger partial charge in [0.2, 0.25) is 0 Å². The predicted octanol–water partition coefficient (Wildman–Crippen LogP) is 2.70. The van der Waals surface area contributed by atoms with E-state index in [4.69, 9.17) is 5.84 Å². The van der Waals surface area contributed by atoms with Gasteiger partial charge in [0.05, 0.1) is 6.04 Å². The minimum absolute atomic E-state index is 0.296. The van der Waals surface area contributed by atoms with Crippen LogP contribution in [0.4, 0.5) is 8.78 Å². The Bertz CT molecular complexity index is 454. The number of hydrogen-bond acceptors (Lipinski definition) is 2. The van der Waals surface area contributed by atoms with Crippen LogP contribution in [0.15, 0.2) is 23.2 Å². The predicted molar refractivity (Wildman–Crippen MR) is 71.7 cm³/mol. The number of nitrogens with one attached hydrogen (secondary N) is 1. The van der Waals surface area contributed by atoms with Crippen LogP contribution in [0.2, 0.25) is 0 Å². The van der Waals surface area contributed by atoms with Crippen LogP contribution in [-0.4, -0.2) is 11.9 Å². The van der Waals surface area contributed by atoms with E-state index in [1.807, 2.05) is 0 Å². The van der Waals surface area contributed by atoms with Crippen LogP contribution in [0.1, 0.15) is 37.7 Å². The second-order valence-corrected chi connectivity index (χ2v) is 4.94. The Hall–Kier alpha value is -1.49. The zero-order valence-corrected chi connectivity index (χ0v) is 10.8. The zero-order chi connectivity index (χ0) is 13.7. The lowest BCUT2D eigenvalue weighted by Gasteiger charge is -2.19. The number of nitrogens with two attached hydrogens (primary N) is 1. The first-order valence-corrected chi connectivity index (χ1v) is 6.66. The second-order valence-electron chi connectivity index (χ2n) is 4.94. The average Bonchev–Trinajstić information content (AvgIpc) is 2.43. The van der Waals surface area contributed by atoms with E-state index in [2.05, 4.69) is 10.4 Å². The molecule has 1 aromatic carbocycles. The zero-order valence-electron chi connectivity index (χ0n) is 10.8. The number of hydrazine groups is 1. The normalized spacial score (nSPS) is 17.5. The van der Waals surface area contributed by atoms with Gasteiger partial charge < -0.3 is 5.43 Å². The Labute approximate surface area is 111 Å². The van der Waals surface area contributed by atoms with Crippen molar-refractivity contribution in [2.45, 2.75) is 44.6 Å². The number of benzene rings is 1. The molecule has 0 atom stereocenters. The summed E-state index contributed by atoms with van der Waals surface area (Å²) in [6.07, 6.45) is 6.19. The van der Waals surface area contributed by atoms with E-state index in [9.17, 15) is 8.78 Å². The largest absolute Gasteiger partial charge is 0.312 e. The summed E-state index contributed by atoms with van der Waals surface area (Å²) in [6.45, 7) is 0. The molecule has 0 aromatic heterocycles. The highest BCUT2D eigenvalue weighted by molar-refractivity contribution is 5.84. The molecule has 0 amide bonds. The maximum atomic E-state index is 13.1. The van der Waals surface area contributed by atoms with Gasteiger partial charge in [0.25, 0.3) is 0 Å². The fourth-order valence-corrected chi connectivity index (χ4v) is 2.41. The van der Waals surface area contributed by atoms with Gasteiger partial charge in [-0.05, 0) is 30.5 Å². The van der Waals surface area contributed by atoms with Crippen LogP contribution in [0.5, 0.6) is 0 Å². The molecule has 1 aliphatic rings. The number of aliphatic imine (C=N–C) groups is 1. The highest BCUT2D eigenvalue weighted by Gasteiger charge is 2.13. The van der Waals surface area contributed by atoms with Crippen LogP contribution < -0.4 is 11.3 Å². The summed E-state index contributed by atoms with van der Waals surface area (Å²) in [7, 11) is 0. The monoisotopic (exact) mass is 267 g/mol. The Balaban J connectivity index is 2.05. The molecule has 0 saturated heterocycles. The quantitative estimate of drug-likeness (QED) is 0.383. The van der Waals surface area contributed by atoms with Crippen molar-refractivity contribution in [3.8, 4) is 0 Å². The van der Waals surface area contributed by atoms with Gasteiger partial charge in [-0.2, -0.15) is 0 Å². The topological polar surface area (TPSA) is 50.4 Å². The number of hydrogen-bond donors (Lipinski definition) is 2. The Morgan fingerprint density at radius 1 is 1.21 bits per heavy atom. The second kappa shape index (κ2) is 6.61. The molecule has 0 radical (unpaired) electrons. The molecule has 104 valence electrons. The van der Waals surface area contributed by atoms with Crippen LogP contribution in [0.25, 0.3) is 0 Å². The number of amidine groups is 1. The van der Waals surface area contributed by atoms with E-state index < -0.39 is 11.6 Å². The molecule has 3 N–H and O–H groups in total. The van der Waals surface area contributed by atoms with Gasteiger partial charge in [0, 0.05) is 6.42 Å². The smallest absolute Gasteiger partial charge is 0.159 e. The molecular formula is C14H19F2N3. The summed E-state index contributed by atoms with van der Waals surface area (Å²) < 4.78 is 26.0. The summed E-state index contributed by atoms with van der Waals surface area (Å²) >= 11 is 0. The third-order valence-electron chi connectivity index (χ3n) is 3.44. The first kappa shape index (κ1) is 13.9. The molecule has 0 aliphatic heterocycles. The van der Waals surface area contributed by atoms with Crippen molar-refractivity contribution in [2.75, 3.05) is 0 Å². The van der Waals surface area contributed by atoms with E-state index in [0.717, 1.165) is 18.9 Å². The summed E-state index contributed by atoms with van der Waals surface area (Å²) in [4.78, 5) is 4.57. The number of halogens is 2. The molecule has 5 heteroatoms. The minimum Gasteiger partial charge on any atom is -0.312 e. The lowest BCUT2D eigenvalue weighted by atomic mass is 9.96. The summed E-state index contributed by atoms with van der Waals surface area (Å²) in [5.74, 6) is 4.40. The third-order valence-corrected chi connectivity index (χ3v) is 3.44. The van der Waals surface area contributed by atoms with Crippen molar-refractivity contribution in [2.24, 2.45) is 10.8 Å². The SMILES string of the molecule is NNC(Cc1ccc(F)c(F)c1)=NC1CCCCC1. The molecule has 1 saturated carbocycles. The fourth-order valence-electron chi connectivity index (χ4n) is 2.41. The van der Waals surface area contributed by atoms with Gasteiger partial charge >= 0.3 is 0 Å². The van der Waals surface area contributed by atoms with Gasteiger partial charge in [-0.1, -0.05) is 25.3 Å². The molecular weight excluding hydrogens is 248 g/mol. The Morgan fingerprint density at radius 2 is 1.95 bits per heavy atom. The molecule has 1 aliphatic carbocycles. The van der Waals surface area contributed by atoms with Gasteiger partial charge in [0.15, 0.2) is 11.6 Å². The molecule has 1 fully saturated rings. The van der Waals surface area contributed by atoms with E-state index in [1.54, 1.807) is 6.07 Å². The van der Waals surface area contributed by atoms with Crippen molar-refractivity contribution in [3.63, 3.8) is 0 Å². The lowest BCUT2D eigenvalue weighted by molar-refractivity contribution is 0.442. The molecule has 0 unspecified atom stereocenters. The van der Waals surface area contributed by atoms with Crippen molar-refractivity contribution in [1.82, 2.24) is 5.43 Å². The van der Waals surface area contributed by atoms with Crippen LogP contribution in [0.3, 0.4) is 0 Å². The highest BCUT2D eigenvalue weighted by Crippen LogP contribution is 2.20. The van der Waals surface area contributed by atoms with Crippen molar-refractivity contribution >= 4 is 5.84 Å². The Morgan fingerprint density at radius 3 is 2.58 bits per heavy atom. The summed E-state index contributed by atoms with van der Waals surface area (Å²) in [5.41, 5.74) is 3.22. The van der Waals surface area contributed by atoms with Crippen LogP contribution in [-0.2, 0) is 6.42 Å². The van der Waals surface area contributed by atoms with Crippen LogP contribution >= 0.6 is 0 Å². The fraction of sp³-hybridized carbons (Fsp3) is 0.500. The van der Waals surface area contributed by atoms with Gasteiger partial charge in [0.1, 0.15) is 5.84 Å². The standard InChI is InChI=1S/C14H19F2N3/c15-12-7-6-10(8-13(12)16)9-14(19-17)18-11-4-2-1-3-5-11/h6-8,11H,1-5,9,17H2,(H,18,19). The average molecular weight is 267 g/mol. The molecule has 0 spiro atoms. The first-order chi connectivity index (χ1) is 9.19. The van der Waals surface area contributed by atoms with E-state index in [-0.39, 0.29) is 0 Å². The summed E-state index contributed by atoms with van der Waals surface area (Å²) in [5, 5.41) is 0. The van der Waals surface area contributed by atoms with Crippen molar-refractivity contribution < 1.29 is 8.78 Å². The lowest BCUT2D eigenvalue weighted by Crippen LogP contribution is -2.33. The highest BCUT2D eigenvalue weighted by atomic mass is 19.2. The molecule has 2 rings (SSSR count). The number of rotatable bonds is 3. The first-order valence-electron chi connectivity index (χ1n) is 6.66. The van der Waals surface area contributed by atoms with Gasteiger partial charge in [-0.15, -0.1) is 0 Å². The summed E-state index contributed by atoms with van der Waals surface area (Å²) in [6, 6.07) is 4.15. The molecule has 3 nitrogen and oxygen atoms in total. The number of nitrogens with zero attached hydrogens (tertiary/aromatic N) is 1.